The molecule has 2 fully saturated rings. The van der Waals surface area contributed by atoms with Crippen molar-refractivity contribution in [1.82, 2.24) is 9.80 Å². The molecule has 0 unspecified atom stereocenters. The van der Waals surface area contributed by atoms with Crippen molar-refractivity contribution in [2.75, 3.05) is 28.2 Å². The summed E-state index contributed by atoms with van der Waals surface area (Å²) in [5.74, 6) is 0.436. The van der Waals surface area contributed by atoms with E-state index in [4.69, 9.17) is 0 Å². The van der Waals surface area contributed by atoms with Crippen LogP contribution in [0.4, 0.5) is 0 Å². The average molecular weight is 248 g/mol. The van der Waals surface area contributed by atoms with Gasteiger partial charge in [-0.2, -0.15) is 0 Å². The second-order valence-electron chi connectivity index (χ2n) is 6.20. The number of Topliss-reactive ketones (excluding diaryl/α,β-unsaturated/α-hetero) is 1. The molecule has 3 nitrogen and oxygen atoms in total. The van der Waals surface area contributed by atoms with Gasteiger partial charge < -0.3 is 9.80 Å². The van der Waals surface area contributed by atoms with Crippen LogP contribution in [0.25, 0.3) is 0 Å². The van der Waals surface area contributed by atoms with Gasteiger partial charge in [0.1, 0.15) is 0 Å². The molecule has 2 aliphatic carbocycles. The molecule has 2 rings (SSSR count). The van der Waals surface area contributed by atoms with E-state index >= 15 is 0 Å². The molecular formula is C15H24N2O. The Morgan fingerprint density at radius 1 is 0.833 bits per heavy atom. The molecule has 0 aromatic rings. The second-order valence-corrected chi connectivity index (χ2v) is 6.20. The highest BCUT2D eigenvalue weighted by Crippen LogP contribution is 2.60. The van der Waals surface area contributed by atoms with E-state index in [1.165, 1.54) is 0 Å². The highest BCUT2D eigenvalue weighted by Gasteiger charge is 2.59. The predicted molar refractivity (Wildman–Crippen MR) is 74.0 cm³/mol. The fourth-order valence-electron chi connectivity index (χ4n) is 2.29. The number of rotatable bonds is 6. The van der Waals surface area contributed by atoms with E-state index in [1.54, 1.807) is 0 Å². The topological polar surface area (TPSA) is 23.6 Å². The van der Waals surface area contributed by atoms with Crippen molar-refractivity contribution in [2.24, 2.45) is 10.8 Å². The summed E-state index contributed by atoms with van der Waals surface area (Å²) in [5.41, 5.74) is -0.311. The van der Waals surface area contributed by atoms with E-state index in [2.05, 4.69) is 12.2 Å². The lowest BCUT2D eigenvalue weighted by molar-refractivity contribution is -0.126. The lowest BCUT2D eigenvalue weighted by Crippen LogP contribution is -2.24. The van der Waals surface area contributed by atoms with Crippen molar-refractivity contribution in [3.63, 3.8) is 0 Å². The lowest BCUT2D eigenvalue weighted by atomic mass is 9.87. The molecule has 0 aliphatic heterocycles. The van der Waals surface area contributed by atoms with E-state index in [-0.39, 0.29) is 10.8 Å². The molecule has 0 atom stereocenters. The van der Waals surface area contributed by atoms with Gasteiger partial charge in [0, 0.05) is 39.0 Å². The fourth-order valence-corrected chi connectivity index (χ4v) is 2.29. The average Bonchev–Trinajstić information content (AvgIpc) is 3.19. The van der Waals surface area contributed by atoms with Gasteiger partial charge in [0.15, 0.2) is 5.78 Å². The summed E-state index contributed by atoms with van der Waals surface area (Å²) in [4.78, 5) is 16.7. The minimum atomic E-state index is -0.155. The third kappa shape index (κ3) is 2.60. The van der Waals surface area contributed by atoms with Crippen LogP contribution in [-0.2, 0) is 4.79 Å². The molecule has 0 saturated heterocycles. The maximum Gasteiger partial charge on any atom is 0.152 e. The van der Waals surface area contributed by atoms with Crippen LogP contribution >= 0.6 is 0 Å². The number of carbonyl (C=O) groups is 1. The Hall–Kier alpha value is -1.25. The highest BCUT2D eigenvalue weighted by molar-refractivity contribution is 5.97. The van der Waals surface area contributed by atoms with E-state index in [0.717, 1.165) is 25.7 Å². The summed E-state index contributed by atoms with van der Waals surface area (Å²) >= 11 is 0. The number of carbonyl (C=O) groups excluding carboxylic acids is 1. The van der Waals surface area contributed by atoms with Crippen molar-refractivity contribution in [2.45, 2.75) is 25.7 Å². The van der Waals surface area contributed by atoms with Gasteiger partial charge in [-0.3, -0.25) is 4.79 Å². The maximum absolute atomic E-state index is 12.7. The van der Waals surface area contributed by atoms with Crippen LogP contribution in [0.15, 0.2) is 24.6 Å². The monoisotopic (exact) mass is 248 g/mol. The smallest absolute Gasteiger partial charge is 0.152 e. The van der Waals surface area contributed by atoms with Gasteiger partial charge >= 0.3 is 0 Å². The zero-order valence-corrected chi connectivity index (χ0v) is 11.9. The van der Waals surface area contributed by atoms with Crippen molar-refractivity contribution in [3.8, 4) is 0 Å². The van der Waals surface area contributed by atoms with Crippen LogP contribution < -0.4 is 0 Å². The Labute approximate surface area is 110 Å². The summed E-state index contributed by atoms with van der Waals surface area (Å²) in [5, 5.41) is 0. The first-order valence-electron chi connectivity index (χ1n) is 6.67. The van der Waals surface area contributed by atoms with Crippen LogP contribution in [0.2, 0.25) is 0 Å². The zero-order chi connectivity index (χ0) is 13.4. The molecule has 0 aromatic heterocycles. The second kappa shape index (κ2) is 4.45. The fraction of sp³-hybridized carbons (Fsp3) is 0.667. The molecule has 0 N–H and O–H groups in total. The Balaban J connectivity index is 2.08. The quantitative estimate of drug-likeness (QED) is 0.720. The van der Waals surface area contributed by atoms with E-state index < -0.39 is 0 Å². The van der Waals surface area contributed by atoms with Crippen molar-refractivity contribution in [3.05, 3.63) is 24.6 Å². The maximum atomic E-state index is 12.7. The Bertz CT molecular complexity index is 349. The standard InChI is InChI=1S/C15H24N2O/c1-16(2)11-9-14(5-6-14)13(18)15(7-8-15)10-12-17(3)4/h9-12H,5-8H2,1-4H3. The van der Waals surface area contributed by atoms with E-state index in [9.17, 15) is 4.79 Å². The first-order valence-corrected chi connectivity index (χ1v) is 6.67. The minimum absolute atomic E-state index is 0.155. The summed E-state index contributed by atoms with van der Waals surface area (Å²) in [6.07, 6.45) is 12.4. The lowest BCUT2D eigenvalue weighted by Gasteiger charge is -2.17. The van der Waals surface area contributed by atoms with Gasteiger partial charge in [-0.25, -0.2) is 0 Å². The third-order valence-corrected chi connectivity index (χ3v) is 3.87. The van der Waals surface area contributed by atoms with Crippen LogP contribution in [0, 0.1) is 10.8 Å². The molecule has 2 aliphatic rings. The van der Waals surface area contributed by atoms with Crippen LogP contribution in [0.1, 0.15) is 25.7 Å². The molecule has 0 amide bonds. The SMILES string of the molecule is CN(C)C=CC1(C(=O)C2(C=CN(C)C)CC2)CC1. The molecule has 2 saturated carbocycles. The summed E-state index contributed by atoms with van der Waals surface area (Å²) in [6, 6.07) is 0. The van der Waals surface area contributed by atoms with Crippen molar-refractivity contribution >= 4 is 5.78 Å². The van der Waals surface area contributed by atoms with Gasteiger partial charge in [-0.05, 0) is 38.1 Å². The summed E-state index contributed by atoms with van der Waals surface area (Å²) < 4.78 is 0. The van der Waals surface area contributed by atoms with E-state index in [0.29, 0.717) is 5.78 Å². The molecular weight excluding hydrogens is 224 g/mol. The number of allylic oxidation sites excluding steroid dienone is 2. The third-order valence-electron chi connectivity index (χ3n) is 3.87. The Morgan fingerprint density at radius 3 is 1.39 bits per heavy atom. The van der Waals surface area contributed by atoms with Crippen molar-refractivity contribution < 1.29 is 4.79 Å². The molecule has 0 radical (unpaired) electrons. The summed E-state index contributed by atoms with van der Waals surface area (Å²) in [7, 11) is 7.98. The highest BCUT2D eigenvalue weighted by atomic mass is 16.1. The van der Waals surface area contributed by atoms with Gasteiger partial charge in [0.05, 0.1) is 0 Å². The molecule has 100 valence electrons. The van der Waals surface area contributed by atoms with Gasteiger partial charge in [-0.1, -0.05) is 12.2 Å². The first kappa shape index (κ1) is 13.2. The van der Waals surface area contributed by atoms with Gasteiger partial charge in [-0.15, -0.1) is 0 Å². The minimum Gasteiger partial charge on any atom is -0.384 e. The largest absolute Gasteiger partial charge is 0.384 e. The first-order chi connectivity index (χ1) is 8.40. The van der Waals surface area contributed by atoms with Gasteiger partial charge in [0.25, 0.3) is 0 Å². The Kier molecular flexibility index (Phi) is 3.26. The molecule has 0 aromatic carbocycles. The van der Waals surface area contributed by atoms with Crippen LogP contribution in [0.3, 0.4) is 0 Å². The number of hydrogen-bond donors (Lipinski definition) is 0. The van der Waals surface area contributed by atoms with Crippen molar-refractivity contribution in [1.29, 1.82) is 0 Å². The molecule has 0 bridgehead atoms. The molecule has 0 heterocycles. The summed E-state index contributed by atoms with van der Waals surface area (Å²) in [6.45, 7) is 0. The van der Waals surface area contributed by atoms with Crippen LogP contribution in [-0.4, -0.2) is 43.8 Å². The molecule has 3 heteroatoms. The zero-order valence-electron chi connectivity index (χ0n) is 11.9. The van der Waals surface area contributed by atoms with Gasteiger partial charge in [0.2, 0.25) is 0 Å². The predicted octanol–water partition coefficient (Wildman–Crippen LogP) is 2.27. The number of hydrogen-bond acceptors (Lipinski definition) is 3. The number of ketones is 1. The normalized spacial score (nSPS) is 23.3. The van der Waals surface area contributed by atoms with Crippen LogP contribution in [0.5, 0.6) is 0 Å². The number of nitrogens with zero attached hydrogens (tertiary/aromatic N) is 2. The van der Waals surface area contributed by atoms with E-state index in [1.807, 2.05) is 50.4 Å². The molecule has 18 heavy (non-hydrogen) atoms. The molecule has 0 spiro atoms. The Morgan fingerprint density at radius 2 is 1.17 bits per heavy atom.